The smallest absolute Gasteiger partial charge is 0.328 e. The van der Waals surface area contributed by atoms with Crippen LogP contribution < -0.4 is 5.32 Å². The van der Waals surface area contributed by atoms with Crippen LogP contribution in [-0.4, -0.2) is 49.1 Å². The van der Waals surface area contributed by atoms with Gasteiger partial charge >= 0.3 is 5.97 Å². The van der Waals surface area contributed by atoms with Crippen molar-refractivity contribution in [1.82, 2.24) is 10.2 Å². The molecule has 1 saturated heterocycles. The number of carbonyl (C=O) groups is 2. The Bertz CT molecular complexity index is 279. The highest BCUT2D eigenvalue weighted by Crippen LogP contribution is 2.18. The van der Waals surface area contributed by atoms with Gasteiger partial charge in [0, 0.05) is 12.6 Å². The molecule has 1 atom stereocenters. The quantitative estimate of drug-likeness (QED) is 0.731. The summed E-state index contributed by atoms with van der Waals surface area (Å²) in [4.78, 5) is 25.2. The van der Waals surface area contributed by atoms with Crippen molar-refractivity contribution >= 4 is 11.9 Å². The third-order valence-electron chi connectivity index (χ3n) is 2.96. The molecule has 5 heteroatoms. The fraction of sp³-hybridized carbons (Fsp3) is 0.833. The van der Waals surface area contributed by atoms with E-state index in [4.69, 9.17) is 4.74 Å². The van der Waals surface area contributed by atoms with Gasteiger partial charge in [0.15, 0.2) is 0 Å². The van der Waals surface area contributed by atoms with Crippen LogP contribution in [0.1, 0.15) is 33.1 Å². The molecule has 1 rings (SSSR count). The van der Waals surface area contributed by atoms with E-state index in [1.165, 1.54) is 7.11 Å². The van der Waals surface area contributed by atoms with Crippen LogP contribution in [0.2, 0.25) is 0 Å². The summed E-state index contributed by atoms with van der Waals surface area (Å²) in [6.45, 7) is 4.91. The molecule has 0 aromatic carbocycles. The maximum absolute atomic E-state index is 12.0. The summed E-state index contributed by atoms with van der Waals surface area (Å²) in [5.41, 5.74) is 0. The van der Waals surface area contributed by atoms with Crippen LogP contribution in [0.3, 0.4) is 0 Å². The largest absolute Gasteiger partial charge is 0.467 e. The molecule has 1 fully saturated rings. The number of rotatable bonds is 4. The van der Waals surface area contributed by atoms with Crippen molar-refractivity contribution in [3.63, 3.8) is 0 Å². The highest BCUT2D eigenvalue weighted by Gasteiger charge is 2.32. The van der Waals surface area contributed by atoms with E-state index in [0.717, 1.165) is 12.8 Å². The molecule has 1 aliphatic heterocycles. The SMILES string of the molecule is COC(=O)C1CCCCN1C(=O)CNC(C)C. The number of hydrogen-bond donors (Lipinski definition) is 1. The Labute approximate surface area is 102 Å². The first kappa shape index (κ1) is 14.0. The van der Waals surface area contributed by atoms with Gasteiger partial charge in [-0.25, -0.2) is 4.79 Å². The van der Waals surface area contributed by atoms with Crippen LogP contribution in [0, 0.1) is 0 Å². The number of amides is 1. The van der Waals surface area contributed by atoms with Crippen LogP contribution in [0.25, 0.3) is 0 Å². The van der Waals surface area contributed by atoms with E-state index in [2.05, 4.69) is 5.32 Å². The van der Waals surface area contributed by atoms with Crippen molar-refractivity contribution < 1.29 is 14.3 Å². The average molecular weight is 242 g/mol. The Morgan fingerprint density at radius 2 is 2.12 bits per heavy atom. The number of nitrogens with one attached hydrogen (secondary N) is 1. The minimum atomic E-state index is -0.393. The summed E-state index contributed by atoms with van der Waals surface area (Å²) < 4.78 is 4.74. The number of hydrogen-bond acceptors (Lipinski definition) is 4. The number of ether oxygens (including phenoxy) is 1. The Kier molecular flexibility index (Phi) is 5.41. The first-order valence-corrected chi connectivity index (χ1v) is 6.17. The molecule has 1 amide bonds. The van der Waals surface area contributed by atoms with E-state index in [1.807, 2.05) is 13.8 Å². The lowest BCUT2D eigenvalue weighted by atomic mass is 10.0. The predicted octanol–water partition coefficient (Wildman–Crippen LogP) is 0.539. The minimum absolute atomic E-state index is 0.0196. The maximum Gasteiger partial charge on any atom is 0.328 e. The zero-order chi connectivity index (χ0) is 12.8. The molecule has 98 valence electrons. The Balaban J connectivity index is 2.58. The van der Waals surface area contributed by atoms with E-state index in [0.29, 0.717) is 13.0 Å². The Morgan fingerprint density at radius 3 is 2.71 bits per heavy atom. The number of piperidine rings is 1. The molecule has 0 aliphatic carbocycles. The standard InChI is InChI=1S/C12H22N2O3/c1-9(2)13-8-11(15)14-7-5-4-6-10(14)12(16)17-3/h9-10,13H,4-8H2,1-3H3. The zero-order valence-corrected chi connectivity index (χ0v) is 10.9. The lowest BCUT2D eigenvalue weighted by Crippen LogP contribution is -2.51. The van der Waals surface area contributed by atoms with E-state index in [9.17, 15) is 9.59 Å². The Morgan fingerprint density at radius 1 is 1.41 bits per heavy atom. The highest BCUT2D eigenvalue weighted by molar-refractivity contribution is 5.85. The van der Waals surface area contributed by atoms with Crippen molar-refractivity contribution in [2.45, 2.75) is 45.2 Å². The molecule has 17 heavy (non-hydrogen) atoms. The molecule has 1 heterocycles. The van der Waals surface area contributed by atoms with E-state index >= 15 is 0 Å². The lowest BCUT2D eigenvalue weighted by molar-refractivity contribution is -0.154. The van der Waals surface area contributed by atoms with Crippen molar-refractivity contribution in [2.24, 2.45) is 0 Å². The summed E-state index contributed by atoms with van der Waals surface area (Å²) in [5, 5.41) is 3.08. The summed E-state index contributed by atoms with van der Waals surface area (Å²) in [7, 11) is 1.37. The van der Waals surface area contributed by atoms with Crippen LogP contribution in [0.15, 0.2) is 0 Å². The Hall–Kier alpha value is -1.10. The number of nitrogens with zero attached hydrogens (tertiary/aromatic N) is 1. The number of esters is 1. The summed E-state index contributed by atoms with van der Waals surface area (Å²) in [5.74, 6) is -0.323. The molecule has 0 aromatic heterocycles. The monoisotopic (exact) mass is 242 g/mol. The first-order valence-electron chi connectivity index (χ1n) is 6.17. The molecular formula is C12H22N2O3. The number of likely N-dealkylation sites (tertiary alicyclic amines) is 1. The van der Waals surface area contributed by atoms with Crippen molar-refractivity contribution in [3.8, 4) is 0 Å². The van der Waals surface area contributed by atoms with Gasteiger partial charge in [0.2, 0.25) is 5.91 Å². The number of methoxy groups -OCH3 is 1. The normalized spacial score (nSPS) is 20.5. The van der Waals surface area contributed by atoms with Gasteiger partial charge in [-0.3, -0.25) is 4.79 Å². The summed E-state index contributed by atoms with van der Waals surface area (Å²) in [6, 6.07) is -0.129. The second-order valence-electron chi connectivity index (χ2n) is 4.66. The van der Waals surface area contributed by atoms with E-state index in [1.54, 1.807) is 4.90 Å². The molecule has 0 aromatic rings. The number of carbonyl (C=O) groups excluding carboxylic acids is 2. The van der Waals surface area contributed by atoms with Gasteiger partial charge in [0.1, 0.15) is 6.04 Å². The van der Waals surface area contributed by atoms with E-state index < -0.39 is 6.04 Å². The lowest BCUT2D eigenvalue weighted by Gasteiger charge is -2.34. The second kappa shape index (κ2) is 6.59. The van der Waals surface area contributed by atoms with Crippen molar-refractivity contribution in [1.29, 1.82) is 0 Å². The summed E-state index contributed by atoms with van der Waals surface area (Å²) in [6.07, 6.45) is 2.64. The van der Waals surface area contributed by atoms with E-state index in [-0.39, 0.29) is 24.5 Å². The third kappa shape index (κ3) is 4.00. The topological polar surface area (TPSA) is 58.6 Å². The first-order chi connectivity index (χ1) is 8.06. The molecule has 1 N–H and O–H groups in total. The van der Waals surface area contributed by atoms with Crippen LogP contribution >= 0.6 is 0 Å². The molecule has 5 nitrogen and oxygen atoms in total. The highest BCUT2D eigenvalue weighted by atomic mass is 16.5. The molecule has 1 aliphatic rings. The minimum Gasteiger partial charge on any atom is -0.467 e. The van der Waals surface area contributed by atoms with Gasteiger partial charge in [0.05, 0.1) is 13.7 Å². The van der Waals surface area contributed by atoms with Crippen molar-refractivity contribution in [2.75, 3.05) is 20.2 Å². The van der Waals surface area contributed by atoms with Crippen LogP contribution in [0.4, 0.5) is 0 Å². The van der Waals surface area contributed by atoms with Gasteiger partial charge in [-0.05, 0) is 19.3 Å². The molecule has 0 spiro atoms. The second-order valence-corrected chi connectivity index (χ2v) is 4.66. The molecule has 0 bridgehead atoms. The van der Waals surface area contributed by atoms with Gasteiger partial charge in [-0.15, -0.1) is 0 Å². The van der Waals surface area contributed by atoms with Crippen LogP contribution in [0.5, 0.6) is 0 Å². The van der Waals surface area contributed by atoms with Crippen LogP contribution in [-0.2, 0) is 14.3 Å². The molecular weight excluding hydrogens is 220 g/mol. The molecule has 0 saturated carbocycles. The fourth-order valence-electron chi connectivity index (χ4n) is 2.00. The van der Waals surface area contributed by atoms with Gasteiger partial charge in [-0.2, -0.15) is 0 Å². The zero-order valence-electron chi connectivity index (χ0n) is 10.9. The van der Waals surface area contributed by atoms with Crippen molar-refractivity contribution in [3.05, 3.63) is 0 Å². The average Bonchev–Trinajstić information content (AvgIpc) is 2.34. The molecule has 1 unspecified atom stereocenters. The predicted molar refractivity (Wildman–Crippen MR) is 64.5 cm³/mol. The third-order valence-corrected chi connectivity index (χ3v) is 2.96. The fourth-order valence-corrected chi connectivity index (χ4v) is 2.00. The maximum atomic E-state index is 12.0. The molecule has 0 radical (unpaired) electrons. The summed E-state index contributed by atoms with van der Waals surface area (Å²) >= 11 is 0. The van der Waals surface area contributed by atoms with Gasteiger partial charge in [0.25, 0.3) is 0 Å². The van der Waals surface area contributed by atoms with Gasteiger partial charge < -0.3 is 15.0 Å². The van der Waals surface area contributed by atoms with Gasteiger partial charge in [-0.1, -0.05) is 13.8 Å².